The number of unbranched alkanes of at least 4 members (excludes halogenated alkanes) is 2. The van der Waals surface area contributed by atoms with E-state index in [1.54, 1.807) is 12.1 Å². The molecule has 1 aromatic heterocycles. The Morgan fingerprint density at radius 3 is 2.65 bits per heavy atom. The monoisotopic (exact) mass is 295 g/mol. The third kappa shape index (κ3) is 3.02. The van der Waals surface area contributed by atoms with Gasteiger partial charge >= 0.3 is 0 Å². The molecule has 2 aromatic rings. The van der Waals surface area contributed by atoms with E-state index in [1.807, 2.05) is 17.7 Å². The Labute approximate surface area is 119 Å². The molecule has 2 N–H and O–H groups in total. The van der Waals surface area contributed by atoms with E-state index in [2.05, 4.69) is 4.98 Å². The molecule has 1 aromatic carbocycles. The fourth-order valence-corrected chi connectivity index (χ4v) is 3.19. The van der Waals surface area contributed by atoms with Gasteiger partial charge in [-0.25, -0.2) is 13.4 Å². The highest BCUT2D eigenvalue weighted by molar-refractivity contribution is 7.91. The lowest BCUT2D eigenvalue weighted by Gasteiger charge is -2.02. The van der Waals surface area contributed by atoms with Gasteiger partial charge in [0.1, 0.15) is 11.3 Å². The van der Waals surface area contributed by atoms with Crippen molar-refractivity contribution in [1.29, 1.82) is 0 Å². The van der Waals surface area contributed by atoms with Gasteiger partial charge in [-0.05, 0) is 31.5 Å². The molecule has 0 fully saturated rings. The van der Waals surface area contributed by atoms with Crippen LogP contribution in [0.1, 0.15) is 25.1 Å². The van der Waals surface area contributed by atoms with Crippen LogP contribution in [0.3, 0.4) is 0 Å². The van der Waals surface area contributed by atoms with Gasteiger partial charge in [0.15, 0.2) is 9.84 Å². The Morgan fingerprint density at radius 2 is 2.00 bits per heavy atom. The quantitative estimate of drug-likeness (QED) is 0.822. The number of nitrogens with zero attached hydrogens (tertiary/aromatic N) is 2. The molecule has 0 atom stereocenters. The normalized spacial score (nSPS) is 12.2. The molecule has 0 aliphatic carbocycles. The predicted octanol–water partition coefficient (Wildman–Crippen LogP) is 1.65. The van der Waals surface area contributed by atoms with E-state index < -0.39 is 9.84 Å². The van der Waals surface area contributed by atoms with E-state index in [9.17, 15) is 8.42 Å². The van der Waals surface area contributed by atoms with Crippen LogP contribution in [0, 0.1) is 0 Å². The molecule has 6 heteroatoms. The maximum Gasteiger partial charge on any atom is 0.177 e. The average molecular weight is 295 g/mol. The lowest BCUT2D eigenvalue weighted by atomic mass is 10.2. The van der Waals surface area contributed by atoms with Crippen LogP contribution in [0.25, 0.3) is 11.0 Å². The zero-order chi connectivity index (χ0) is 14.8. The lowest BCUT2D eigenvalue weighted by Crippen LogP contribution is -2.01. The first-order valence-corrected chi connectivity index (χ1v) is 8.68. The van der Waals surface area contributed by atoms with Crippen molar-refractivity contribution in [3.05, 3.63) is 24.0 Å². The number of aryl methyl sites for hydroxylation is 2. The second-order valence-corrected chi connectivity index (χ2v) is 7.07. The van der Waals surface area contributed by atoms with Crippen molar-refractivity contribution in [3.8, 4) is 0 Å². The third-order valence-corrected chi connectivity index (χ3v) is 4.60. The van der Waals surface area contributed by atoms with Crippen molar-refractivity contribution in [2.75, 3.05) is 12.8 Å². The highest BCUT2D eigenvalue weighted by Crippen LogP contribution is 2.23. The van der Waals surface area contributed by atoms with E-state index in [4.69, 9.17) is 5.73 Å². The molecule has 2 rings (SSSR count). The minimum Gasteiger partial charge on any atom is -0.331 e. The molecule has 0 saturated heterocycles. The number of nitrogens with two attached hydrogens (primary N) is 1. The van der Waals surface area contributed by atoms with E-state index in [-0.39, 0.29) is 0 Å². The van der Waals surface area contributed by atoms with Crippen molar-refractivity contribution in [2.45, 2.75) is 30.6 Å². The summed E-state index contributed by atoms with van der Waals surface area (Å²) in [7, 11) is -1.32. The highest BCUT2D eigenvalue weighted by atomic mass is 32.2. The van der Waals surface area contributed by atoms with Gasteiger partial charge in [0.25, 0.3) is 0 Å². The first kappa shape index (κ1) is 15.0. The van der Waals surface area contributed by atoms with Gasteiger partial charge in [0, 0.05) is 19.7 Å². The van der Waals surface area contributed by atoms with Gasteiger partial charge < -0.3 is 10.3 Å². The number of benzene rings is 1. The Kier molecular flexibility index (Phi) is 4.45. The van der Waals surface area contributed by atoms with E-state index in [0.717, 1.165) is 37.0 Å². The second-order valence-electron chi connectivity index (χ2n) is 5.08. The molecule has 0 amide bonds. The van der Waals surface area contributed by atoms with Crippen LogP contribution < -0.4 is 5.73 Å². The summed E-state index contributed by atoms with van der Waals surface area (Å²) < 4.78 is 25.6. The van der Waals surface area contributed by atoms with Crippen LogP contribution in [-0.4, -0.2) is 30.8 Å². The smallest absolute Gasteiger partial charge is 0.177 e. The number of fused-ring (bicyclic) bond motifs is 1. The molecule has 0 aliphatic rings. The van der Waals surface area contributed by atoms with E-state index in [0.29, 0.717) is 17.0 Å². The Bertz CT molecular complexity index is 705. The number of imidazole rings is 1. The summed E-state index contributed by atoms with van der Waals surface area (Å²) in [6.45, 7) is 0.709. The van der Waals surface area contributed by atoms with Crippen LogP contribution in [0.4, 0.5) is 0 Å². The van der Waals surface area contributed by atoms with Crippen LogP contribution in [0.15, 0.2) is 23.1 Å². The largest absolute Gasteiger partial charge is 0.331 e. The average Bonchev–Trinajstić information content (AvgIpc) is 2.71. The molecule has 0 aliphatic heterocycles. The molecule has 0 saturated carbocycles. The van der Waals surface area contributed by atoms with Crippen LogP contribution in [0.5, 0.6) is 0 Å². The van der Waals surface area contributed by atoms with Gasteiger partial charge in [0.05, 0.1) is 10.4 Å². The summed E-state index contributed by atoms with van der Waals surface area (Å²) in [6.07, 6.45) is 5.16. The first-order chi connectivity index (χ1) is 9.45. The first-order valence-electron chi connectivity index (χ1n) is 6.79. The maximum absolute atomic E-state index is 11.8. The Hall–Kier alpha value is -1.40. The summed E-state index contributed by atoms with van der Waals surface area (Å²) in [5, 5.41) is 0. The number of hydrogen-bond donors (Lipinski definition) is 1. The van der Waals surface area contributed by atoms with Crippen LogP contribution in [-0.2, 0) is 23.3 Å². The molecule has 1 heterocycles. The zero-order valence-corrected chi connectivity index (χ0v) is 12.8. The summed E-state index contributed by atoms with van der Waals surface area (Å²) in [6, 6.07) is 5.28. The van der Waals surface area contributed by atoms with Gasteiger partial charge in [0.2, 0.25) is 0 Å². The topological polar surface area (TPSA) is 78.0 Å². The van der Waals surface area contributed by atoms with Gasteiger partial charge in [-0.3, -0.25) is 0 Å². The Balaban J connectivity index is 2.37. The molecular weight excluding hydrogens is 274 g/mol. The molecule has 20 heavy (non-hydrogen) atoms. The van der Waals surface area contributed by atoms with Gasteiger partial charge in [-0.2, -0.15) is 0 Å². The SMILES string of the molecule is Cn1c(CCCCCN)nc2c(S(C)(=O)=O)cccc21. The van der Waals surface area contributed by atoms with Crippen molar-refractivity contribution in [1.82, 2.24) is 9.55 Å². The number of sulfone groups is 1. The van der Waals surface area contributed by atoms with Crippen molar-refractivity contribution in [2.24, 2.45) is 12.8 Å². The molecular formula is C14H21N3O2S. The number of hydrogen-bond acceptors (Lipinski definition) is 4. The fourth-order valence-electron chi connectivity index (χ4n) is 2.36. The third-order valence-electron chi connectivity index (χ3n) is 3.47. The molecule has 0 unspecified atom stereocenters. The number of para-hydroxylation sites is 1. The minimum absolute atomic E-state index is 0.304. The second kappa shape index (κ2) is 5.93. The van der Waals surface area contributed by atoms with Crippen LogP contribution in [0.2, 0.25) is 0 Å². The minimum atomic E-state index is -3.25. The van der Waals surface area contributed by atoms with Gasteiger partial charge in [-0.15, -0.1) is 0 Å². The number of aromatic nitrogens is 2. The zero-order valence-electron chi connectivity index (χ0n) is 12.0. The van der Waals surface area contributed by atoms with E-state index >= 15 is 0 Å². The Morgan fingerprint density at radius 1 is 1.25 bits per heavy atom. The summed E-state index contributed by atoms with van der Waals surface area (Å²) in [5.74, 6) is 0.924. The maximum atomic E-state index is 11.8. The van der Waals surface area contributed by atoms with Crippen LogP contribution >= 0.6 is 0 Å². The van der Waals surface area contributed by atoms with Crippen molar-refractivity contribution >= 4 is 20.9 Å². The molecule has 5 nitrogen and oxygen atoms in total. The molecule has 0 spiro atoms. The summed E-state index contributed by atoms with van der Waals surface area (Å²) in [4.78, 5) is 4.83. The van der Waals surface area contributed by atoms with Crippen molar-refractivity contribution in [3.63, 3.8) is 0 Å². The predicted molar refractivity (Wildman–Crippen MR) is 80.4 cm³/mol. The standard InChI is InChI=1S/C14H21N3O2S/c1-17-11-7-6-8-12(20(2,18)19)14(11)16-13(17)9-4-3-5-10-15/h6-8H,3-5,9-10,15H2,1-2H3. The number of rotatable bonds is 6. The summed E-state index contributed by atoms with van der Waals surface area (Å²) >= 11 is 0. The molecule has 110 valence electrons. The van der Waals surface area contributed by atoms with Gasteiger partial charge in [-0.1, -0.05) is 12.5 Å². The summed E-state index contributed by atoms with van der Waals surface area (Å²) in [5.41, 5.74) is 6.92. The van der Waals surface area contributed by atoms with Crippen molar-refractivity contribution < 1.29 is 8.42 Å². The fraction of sp³-hybridized carbons (Fsp3) is 0.500. The van der Waals surface area contributed by atoms with E-state index in [1.165, 1.54) is 6.26 Å². The molecule has 0 bridgehead atoms. The lowest BCUT2D eigenvalue weighted by molar-refractivity contribution is 0.602. The molecule has 0 radical (unpaired) electrons. The highest BCUT2D eigenvalue weighted by Gasteiger charge is 2.16.